The maximum absolute atomic E-state index is 13.7. The zero-order valence-electron chi connectivity index (χ0n) is 10.8. The molecule has 0 atom stereocenters. The quantitative estimate of drug-likeness (QED) is 0.834. The van der Waals surface area contributed by atoms with Crippen molar-refractivity contribution in [3.05, 3.63) is 59.2 Å². The van der Waals surface area contributed by atoms with E-state index in [0.29, 0.717) is 11.1 Å². The predicted octanol–water partition coefficient (Wildman–Crippen LogP) is 1.53. The minimum absolute atomic E-state index is 0.00180. The average Bonchev–Trinajstić information content (AvgIpc) is 2.41. The van der Waals surface area contributed by atoms with Gasteiger partial charge < -0.3 is 14.8 Å². The zero-order valence-corrected chi connectivity index (χ0v) is 10.8. The van der Waals surface area contributed by atoms with E-state index in [1.807, 2.05) is 0 Å². The highest BCUT2D eigenvalue weighted by Gasteiger charge is 2.17. The van der Waals surface area contributed by atoms with Crippen molar-refractivity contribution in [3.63, 3.8) is 0 Å². The van der Waals surface area contributed by atoms with Gasteiger partial charge in [-0.05, 0) is 41.7 Å². The molecule has 0 aromatic heterocycles. The van der Waals surface area contributed by atoms with E-state index in [1.54, 1.807) is 19.1 Å². The third kappa shape index (κ3) is 3.15. The van der Waals surface area contributed by atoms with Gasteiger partial charge in [0.05, 0.1) is 0 Å². The van der Waals surface area contributed by atoms with Crippen LogP contribution in [0.4, 0.5) is 8.78 Å². The Morgan fingerprint density at radius 2 is 1.90 bits per heavy atom. The van der Waals surface area contributed by atoms with Crippen LogP contribution in [0.15, 0.2) is 36.4 Å². The van der Waals surface area contributed by atoms with Crippen LogP contribution in [-0.4, -0.2) is 17.2 Å². The van der Waals surface area contributed by atoms with Crippen LogP contribution in [0.3, 0.4) is 0 Å². The highest BCUT2D eigenvalue weighted by atomic mass is 19.1. The molecule has 2 N–H and O–H groups in total. The van der Waals surface area contributed by atoms with E-state index < -0.39 is 18.8 Å². The fourth-order valence-electron chi connectivity index (χ4n) is 1.83. The third-order valence-corrected chi connectivity index (χ3v) is 2.93. The summed E-state index contributed by atoms with van der Waals surface area (Å²) in [5, 5.41) is 18.4. The Balaban J connectivity index is 2.21. The molecule has 0 aliphatic carbocycles. The summed E-state index contributed by atoms with van der Waals surface area (Å²) in [6, 6.07) is 8.30. The van der Waals surface area contributed by atoms with Crippen LogP contribution in [-0.2, 0) is 6.61 Å². The first kappa shape index (κ1) is 14.5. The molecule has 2 aromatic carbocycles. The van der Waals surface area contributed by atoms with Gasteiger partial charge in [0.25, 0.3) is 0 Å². The van der Waals surface area contributed by atoms with E-state index in [2.05, 4.69) is 0 Å². The van der Waals surface area contributed by atoms with Crippen molar-refractivity contribution in [2.75, 3.05) is 0 Å². The largest absolute Gasteiger partial charge is 0.488 e. The lowest BCUT2D eigenvalue weighted by Crippen LogP contribution is -2.34. The Labute approximate surface area is 115 Å². The maximum atomic E-state index is 13.7. The molecule has 0 bridgehead atoms. The van der Waals surface area contributed by atoms with Crippen molar-refractivity contribution in [2.45, 2.75) is 13.5 Å². The van der Waals surface area contributed by atoms with E-state index in [0.717, 1.165) is 6.07 Å². The summed E-state index contributed by atoms with van der Waals surface area (Å²) < 4.78 is 32.1. The molecule has 0 unspecified atom stereocenters. The van der Waals surface area contributed by atoms with Crippen molar-refractivity contribution in [2.24, 2.45) is 0 Å². The van der Waals surface area contributed by atoms with Crippen LogP contribution in [0.2, 0.25) is 0 Å². The minimum Gasteiger partial charge on any atom is -0.486 e. The van der Waals surface area contributed by atoms with E-state index in [1.165, 1.54) is 18.2 Å². The van der Waals surface area contributed by atoms with Crippen LogP contribution in [0.1, 0.15) is 11.1 Å². The molecule has 2 rings (SSSR count). The lowest BCUT2D eigenvalue weighted by Gasteiger charge is -2.12. The summed E-state index contributed by atoms with van der Waals surface area (Å²) in [5.41, 5.74) is 0.824. The Morgan fingerprint density at radius 1 is 1.15 bits per heavy atom. The highest BCUT2D eigenvalue weighted by Crippen LogP contribution is 2.20. The molecule has 0 saturated carbocycles. The predicted molar refractivity (Wildman–Crippen MR) is 71.7 cm³/mol. The summed E-state index contributed by atoms with van der Waals surface area (Å²) in [5.74, 6) is -0.994. The molecule has 0 radical (unpaired) electrons. The Hall–Kier alpha value is -1.92. The Bertz CT molecular complexity index is 617. The minimum atomic E-state index is -1.81. The van der Waals surface area contributed by atoms with Crippen molar-refractivity contribution in [1.29, 1.82) is 0 Å². The van der Waals surface area contributed by atoms with Gasteiger partial charge in [-0.25, -0.2) is 8.78 Å². The molecule has 0 saturated heterocycles. The molecule has 3 nitrogen and oxygen atoms in total. The molecule has 0 aliphatic heterocycles. The lowest BCUT2D eigenvalue weighted by molar-refractivity contribution is 0.289. The first-order valence-electron chi connectivity index (χ1n) is 6.01. The van der Waals surface area contributed by atoms with Crippen LogP contribution in [0.25, 0.3) is 0 Å². The van der Waals surface area contributed by atoms with Crippen LogP contribution >= 0.6 is 0 Å². The second kappa shape index (κ2) is 6.03. The zero-order chi connectivity index (χ0) is 14.7. The molecule has 0 spiro atoms. The molecule has 0 fully saturated rings. The molecular formula is C14H13BF2O3. The molecular weight excluding hydrogens is 265 g/mol. The van der Waals surface area contributed by atoms with Crippen LogP contribution < -0.4 is 10.2 Å². The molecule has 0 aliphatic rings. The second-order valence-corrected chi connectivity index (χ2v) is 4.39. The summed E-state index contributed by atoms with van der Waals surface area (Å²) in [6.07, 6.45) is 0. The van der Waals surface area contributed by atoms with Gasteiger partial charge in [-0.3, -0.25) is 0 Å². The summed E-state index contributed by atoms with van der Waals surface area (Å²) in [4.78, 5) is 0. The lowest BCUT2D eigenvalue weighted by atomic mass is 9.77. The van der Waals surface area contributed by atoms with Gasteiger partial charge in [-0.15, -0.1) is 0 Å². The maximum Gasteiger partial charge on any atom is 0.488 e. The van der Waals surface area contributed by atoms with E-state index >= 15 is 0 Å². The smallest absolute Gasteiger partial charge is 0.486 e. The fourth-order valence-corrected chi connectivity index (χ4v) is 1.83. The number of hydrogen-bond acceptors (Lipinski definition) is 3. The number of halogens is 2. The van der Waals surface area contributed by atoms with E-state index in [-0.39, 0.29) is 17.8 Å². The van der Waals surface area contributed by atoms with Crippen molar-refractivity contribution >= 4 is 12.6 Å². The normalized spacial score (nSPS) is 10.4. The molecule has 0 heterocycles. The Kier molecular flexibility index (Phi) is 4.37. The SMILES string of the molecule is Cc1cccc(OCc2ccc(F)cc2B(O)O)c1F. The van der Waals surface area contributed by atoms with Gasteiger partial charge in [0.1, 0.15) is 12.4 Å². The van der Waals surface area contributed by atoms with Crippen molar-refractivity contribution in [3.8, 4) is 5.75 Å². The number of rotatable bonds is 4. The first-order chi connectivity index (χ1) is 9.49. The highest BCUT2D eigenvalue weighted by molar-refractivity contribution is 6.59. The van der Waals surface area contributed by atoms with Gasteiger partial charge in [-0.1, -0.05) is 18.2 Å². The van der Waals surface area contributed by atoms with E-state index in [4.69, 9.17) is 4.74 Å². The van der Waals surface area contributed by atoms with Gasteiger partial charge in [0.15, 0.2) is 11.6 Å². The van der Waals surface area contributed by atoms with Gasteiger partial charge >= 0.3 is 7.12 Å². The average molecular weight is 278 g/mol. The van der Waals surface area contributed by atoms with Crippen molar-refractivity contribution in [1.82, 2.24) is 0 Å². The number of benzene rings is 2. The number of hydrogen-bond donors (Lipinski definition) is 2. The fraction of sp³-hybridized carbons (Fsp3) is 0.143. The molecule has 6 heteroatoms. The number of ether oxygens (including phenoxy) is 1. The second-order valence-electron chi connectivity index (χ2n) is 4.39. The standard InChI is InChI=1S/C14H13BF2O3/c1-9-3-2-4-13(14(9)17)20-8-10-5-6-11(16)7-12(10)15(18)19/h2-7,18-19H,8H2,1H3. The molecule has 104 valence electrons. The van der Waals surface area contributed by atoms with Crippen molar-refractivity contribution < 1.29 is 23.6 Å². The third-order valence-electron chi connectivity index (χ3n) is 2.93. The monoisotopic (exact) mass is 278 g/mol. The summed E-state index contributed by atoms with van der Waals surface area (Å²) >= 11 is 0. The summed E-state index contributed by atoms with van der Waals surface area (Å²) in [7, 11) is -1.81. The van der Waals surface area contributed by atoms with Gasteiger partial charge in [0, 0.05) is 0 Å². The summed E-state index contributed by atoms with van der Waals surface area (Å²) in [6.45, 7) is 1.52. The van der Waals surface area contributed by atoms with Gasteiger partial charge in [0.2, 0.25) is 0 Å². The molecule has 2 aromatic rings. The van der Waals surface area contributed by atoms with E-state index in [9.17, 15) is 18.8 Å². The molecule has 0 amide bonds. The topological polar surface area (TPSA) is 49.7 Å². The first-order valence-corrected chi connectivity index (χ1v) is 6.01. The van der Waals surface area contributed by atoms with Crippen LogP contribution in [0.5, 0.6) is 5.75 Å². The van der Waals surface area contributed by atoms with Crippen LogP contribution in [0, 0.1) is 18.6 Å². The molecule has 20 heavy (non-hydrogen) atoms. The Morgan fingerprint density at radius 3 is 2.60 bits per heavy atom. The number of aryl methyl sites for hydroxylation is 1. The van der Waals surface area contributed by atoms with Gasteiger partial charge in [-0.2, -0.15) is 0 Å².